The Morgan fingerprint density at radius 2 is 1.73 bits per heavy atom. The van der Waals surface area contributed by atoms with Crippen LogP contribution < -0.4 is 18.9 Å². The molecule has 1 aliphatic rings. The molecular weight excluding hydrogens is 528 g/mol. The predicted octanol–water partition coefficient (Wildman–Crippen LogP) is 6.81. The molecule has 0 aliphatic carbocycles. The third-order valence-corrected chi connectivity index (χ3v) is 7.32. The zero-order valence-electron chi connectivity index (χ0n) is 21.7. The third-order valence-electron chi connectivity index (χ3n) is 7.07. The van der Waals surface area contributed by atoms with E-state index in [2.05, 4.69) is 28.3 Å². The van der Waals surface area contributed by atoms with Gasteiger partial charge in [-0.1, -0.05) is 48.0 Å². The Bertz CT molecular complexity index is 1890. The number of halogens is 1. The monoisotopic (exact) mass is 550 g/mol. The Kier molecular flexibility index (Phi) is 5.90. The summed E-state index contributed by atoms with van der Waals surface area (Å²) in [6.07, 6.45) is 1.62. The molecule has 9 heteroatoms. The van der Waals surface area contributed by atoms with Crippen molar-refractivity contribution in [3.8, 4) is 28.9 Å². The van der Waals surface area contributed by atoms with E-state index in [9.17, 15) is 0 Å². The van der Waals surface area contributed by atoms with Crippen molar-refractivity contribution in [2.45, 2.75) is 12.5 Å². The quantitative estimate of drug-likeness (QED) is 0.225. The lowest BCUT2D eigenvalue weighted by Crippen LogP contribution is -2.15. The van der Waals surface area contributed by atoms with Crippen LogP contribution in [0.5, 0.6) is 28.9 Å². The number of ether oxygens (including phenoxy) is 4. The van der Waals surface area contributed by atoms with Crippen LogP contribution in [-0.4, -0.2) is 33.8 Å². The Morgan fingerprint density at radius 1 is 0.900 bits per heavy atom. The summed E-state index contributed by atoms with van der Waals surface area (Å²) in [5.74, 6) is 3.43. The van der Waals surface area contributed by atoms with Crippen molar-refractivity contribution < 1.29 is 18.9 Å². The van der Waals surface area contributed by atoms with E-state index in [0.717, 1.165) is 33.2 Å². The fourth-order valence-corrected chi connectivity index (χ4v) is 5.38. The fourth-order valence-electron chi connectivity index (χ4n) is 5.25. The molecule has 0 radical (unpaired) electrons. The maximum Gasteiger partial charge on any atom is 0.228 e. The van der Waals surface area contributed by atoms with Crippen molar-refractivity contribution >= 4 is 28.0 Å². The summed E-state index contributed by atoms with van der Waals surface area (Å²) >= 11 is 6.00. The Balaban J connectivity index is 1.41. The van der Waals surface area contributed by atoms with Crippen molar-refractivity contribution in [2.24, 2.45) is 0 Å². The van der Waals surface area contributed by atoms with Gasteiger partial charge < -0.3 is 18.9 Å². The van der Waals surface area contributed by atoms with Crippen LogP contribution in [-0.2, 0) is 6.61 Å². The minimum absolute atomic E-state index is 0.180. The molecule has 6 aromatic rings. The van der Waals surface area contributed by atoms with Crippen LogP contribution in [0.4, 0.5) is 0 Å². The molecule has 8 nitrogen and oxygen atoms in total. The average Bonchev–Trinajstić information content (AvgIpc) is 3.42. The molecule has 7 rings (SSSR count). The van der Waals surface area contributed by atoms with E-state index in [1.54, 1.807) is 37.2 Å². The molecule has 0 spiro atoms. The molecule has 0 unspecified atom stereocenters. The molecule has 1 aliphatic heterocycles. The van der Waals surface area contributed by atoms with E-state index in [4.69, 9.17) is 35.5 Å². The molecule has 2 aromatic heterocycles. The van der Waals surface area contributed by atoms with E-state index < -0.39 is 0 Å². The lowest BCUT2D eigenvalue weighted by Gasteiger charge is -2.29. The van der Waals surface area contributed by atoms with Crippen molar-refractivity contribution in [3.05, 3.63) is 113 Å². The van der Waals surface area contributed by atoms with Gasteiger partial charge in [0.1, 0.15) is 24.4 Å². The number of methoxy groups -OCH3 is 2. The molecule has 1 atom stereocenters. The van der Waals surface area contributed by atoms with Gasteiger partial charge >= 0.3 is 0 Å². The summed E-state index contributed by atoms with van der Waals surface area (Å²) in [7, 11) is 3.26. The van der Waals surface area contributed by atoms with Crippen molar-refractivity contribution in [2.75, 3.05) is 14.2 Å². The second-order valence-electron chi connectivity index (χ2n) is 9.35. The molecule has 0 saturated heterocycles. The predicted molar refractivity (Wildman–Crippen MR) is 151 cm³/mol. The molecule has 3 heterocycles. The zero-order valence-corrected chi connectivity index (χ0v) is 22.4. The third kappa shape index (κ3) is 4.04. The van der Waals surface area contributed by atoms with E-state index >= 15 is 0 Å². The number of aromatic nitrogens is 4. The molecule has 0 saturated carbocycles. The first-order valence-corrected chi connectivity index (χ1v) is 13.0. The Morgan fingerprint density at radius 3 is 2.55 bits per heavy atom. The van der Waals surface area contributed by atoms with Crippen molar-refractivity contribution in [3.63, 3.8) is 0 Å². The van der Waals surface area contributed by atoms with Crippen LogP contribution in [0, 0.1) is 0 Å². The van der Waals surface area contributed by atoms with Gasteiger partial charge in [-0.2, -0.15) is 0 Å². The minimum Gasteiger partial charge on any atom is -0.493 e. The summed E-state index contributed by atoms with van der Waals surface area (Å²) in [6.45, 7) is 0.180. The van der Waals surface area contributed by atoms with E-state index in [0.29, 0.717) is 39.6 Å². The van der Waals surface area contributed by atoms with Gasteiger partial charge in [-0.3, -0.25) is 0 Å². The lowest BCUT2D eigenvalue weighted by atomic mass is 9.81. The summed E-state index contributed by atoms with van der Waals surface area (Å²) in [5, 5.41) is 7.49. The molecule has 0 fully saturated rings. The van der Waals surface area contributed by atoms with Crippen LogP contribution in [0.1, 0.15) is 28.4 Å². The van der Waals surface area contributed by atoms with Gasteiger partial charge in [0.15, 0.2) is 23.0 Å². The first kappa shape index (κ1) is 24.2. The van der Waals surface area contributed by atoms with Gasteiger partial charge in [0.05, 0.1) is 19.8 Å². The highest BCUT2D eigenvalue weighted by Gasteiger charge is 2.35. The van der Waals surface area contributed by atoms with Gasteiger partial charge in [0, 0.05) is 16.5 Å². The first-order valence-electron chi connectivity index (χ1n) is 12.7. The Labute approximate surface area is 234 Å². The van der Waals surface area contributed by atoms with E-state index in [1.807, 2.05) is 48.5 Å². The van der Waals surface area contributed by atoms with Gasteiger partial charge in [0.25, 0.3) is 0 Å². The second kappa shape index (κ2) is 9.73. The van der Waals surface area contributed by atoms with Gasteiger partial charge in [-0.05, 0) is 58.8 Å². The molecule has 0 amide bonds. The highest BCUT2D eigenvalue weighted by molar-refractivity contribution is 6.30. The second-order valence-corrected chi connectivity index (χ2v) is 9.79. The SMILES string of the molecule is COc1ccc([C@H]2c3c(ccc4ccccc34)Oc3ncn4nc(COc5ccc(Cl)cc5)nc4c32)cc1OC. The van der Waals surface area contributed by atoms with Gasteiger partial charge in [-0.15, -0.1) is 5.10 Å². The molecule has 0 bridgehead atoms. The van der Waals surface area contributed by atoms with Crippen LogP contribution in [0.15, 0.2) is 85.2 Å². The average molecular weight is 551 g/mol. The molecule has 198 valence electrons. The number of fused-ring (bicyclic) bond motifs is 6. The molecule has 40 heavy (non-hydrogen) atoms. The lowest BCUT2D eigenvalue weighted by molar-refractivity contribution is 0.296. The number of rotatable bonds is 6. The summed E-state index contributed by atoms with van der Waals surface area (Å²) < 4.78 is 25.2. The number of benzene rings is 4. The van der Waals surface area contributed by atoms with Crippen molar-refractivity contribution in [1.29, 1.82) is 0 Å². The Hall–Kier alpha value is -4.82. The van der Waals surface area contributed by atoms with E-state index in [1.165, 1.54) is 0 Å². The smallest absolute Gasteiger partial charge is 0.228 e. The minimum atomic E-state index is -0.268. The maximum absolute atomic E-state index is 6.40. The van der Waals surface area contributed by atoms with Crippen LogP contribution in [0.3, 0.4) is 0 Å². The topological polar surface area (TPSA) is 80.0 Å². The van der Waals surface area contributed by atoms with E-state index in [-0.39, 0.29) is 12.5 Å². The van der Waals surface area contributed by atoms with Gasteiger partial charge in [0.2, 0.25) is 5.88 Å². The molecular formula is C31H23ClN4O4. The van der Waals surface area contributed by atoms with Crippen molar-refractivity contribution in [1.82, 2.24) is 19.6 Å². The van der Waals surface area contributed by atoms with Crippen LogP contribution >= 0.6 is 11.6 Å². The largest absolute Gasteiger partial charge is 0.493 e. The summed E-state index contributed by atoms with van der Waals surface area (Å²) in [4.78, 5) is 9.54. The van der Waals surface area contributed by atoms with Crippen LogP contribution in [0.2, 0.25) is 5.02 Å². The van der Waals surface area contributed by atoms with Crippen LogP contribution in [0.25, 0.3) is 16.4 Å². The van der Waals surface area contributed by atoms with Gasteiger partial charge in [-0.25, -0.2) is 14.5 Å². The highest BCUT2D eigenvalue weighted by atomic mass is 35.5. The standard InChI is InChI=1S/C31H23ClN4O4/c1-37-23-13-8-19(15-25(23)38-2)27-28-22-6-4-3-5-18(22)7-14-24(28)40-31-29(27)30-34-26(35-36(30)17-33-31)16-39-21-11-9-20(32)10-12-21/h3-15,17,27H,16H2,1-2H3/t27-/m0/s1. The molecule has 0 N–H and O–H groups in total. The zero-order chi connectivity index (χ0) is 27.2. The summed E-state index contributed by atoms with van der Waals surface area (Å²) in [5.41, 5.74) is 3.45. The first-order chi connectivity index (χ1) is 19.6. The molecule has 4 aromatic carbocycles. The highest BCUT2D eigenvalue weighted by Crippen LogP contribution is 2.51. The fraction of sp³-hybridized carbons (Fsp3) is 0.129. The number of hydrogen-bond acceptors (Lipinski definition) is 7. The number of hydrogen-bond donors (Lipinski definition) is 0. The maximum atomic E-state index is 6.40. The normalized spacial score (nSPS) is 13.9. The summed E-state index contributed by atoms with van der Waals surface area (Å²) in [6, 6.07) is 25.5. The number of nitrogens with zero attached hydrogens (tertiary/aromatic N) is 4.